The largest absolute Gasteiger partial charge is 0.478 e. The maximum atomic E-state index is 11.6. The number of carboxylic acids is 1. The molecule has 154 valence electrons. The normalized spacial score (nSPS) is 18.4. The Hall–Kier alpha value is -3.19. The lowest BCUT2D eigenvalue weighted by Gasteiger charge is -2.25. The van der Waals surface area contributed by atoms with Gasteiger partial charge in [-0.3, -0.25) is 4.98 Å². The van der Waals surface area contributed by atoms with Gasteiger partial charge in [-0.15, -0.1) is 0 Å². The third-order valence-corrected chi connectivity index (χ3v) is 5.64. The molecule has 7 heteroatoms. The maximum absolute atomic E-state index is 11.6. The number of aromatic carboxylic acids is 1. The Bertz CT molecular complexity index is 1050. The molecule has 30 heavy (non-hydrogen) atoms. The minimum Gasteiger partial charge on any atom is -0.478 e. The van der Waals surface area contributed by atoms with Gasteiger partial charge in [0.25, 0.3) is 0 Å². The molecule has 1 aromatic carbocycles. The lowest BCUT2D eigenvalue weighted by atomic mass is 10.0. The number of carboxylic acid groups (broad SMARTS) is 1. The molecule has 2 unspecified atom stereocenters. The highest BCUT2D eigenvalue weighted by molar-refractivity contribution is 7.80. The minimum atomic E-state index is -0.983. The van der Waals surface area contributed by atoms with E-state index in [0.717, 1.165) is 30.8 Å². The number of rotatable bonds is 7. The van der Waals surface area contributed by atoms with Crippen molar-refractivity contribution in [2.24, 2.45) is 0 Å². The molecule has 0 aliphatic carbocycles. The van der Waals surface area contributed by atoms with E-state index in [-0.39, 0.29) is 17.6 Å². The number of hydrogen-bond acceptors (Lipinski definition) is 4. The van der Waals surface area contributed by atoms with Crippen LogP contribution in [0.25, 0.3) is 11.3 Å². The van der Waals surface area contributed by atoms with Crippen LogP contribution in [0.5, 0.6) is 0 Å². The SMILES string of the molecule is CCCCN1C(=S)NC(c2ccccn2)C1c1ccc(-c2ccccc2C(=O)O)o1. The zero-order valence-corrected chi connectivity index (χ0v) is 17.4. The van der Waals surface area contributed by atoms with Crippen molar-refractivity contribution in [2.45, 2.75) is 31.8 Å². The average Bonchev–Trinajstić information content (AvgIpc) is 3.37. The molecule has 1 saturated heterocycles. The molecular formula is C23H23N3O3S. The zero-order valence-electron chi connectivity index (χ0n) is 16.6. The van der Waals surface area contributed by atoms with Gasteiger partial charge in [0.2, 0.25) is 0 Å². The summed E-state index contributed by atoms with van der Waals surface area (Å²) >= 11 is 5.63. The van der Waals surface area contributed by atoms with Gasteiger partial charge in [0.1, 0.15) is 17.6 Å². The fourth-order valence-corrected chi connectivity index (χ4v) is 4.16. The number of nitrogens with zero attached hydrogens (tertiary/aromatic N) is 2. The van der Waals surface area contributed by atoms with Gasteiger partial charge in [0.05, 0.1) is 17.3 Å². The third kappa shape index (κ3) is 3.80. The first-order chi connectivity index (χ1) is 14.6. The second-order valence-electron chi connectivity index (χ2n) is 7.23. The first-order valence-corrected chi connectivity index (χ1v) is 10.4. The number of aromatic nitrogens is 1. The lowest BCUT2D eigenvalue weighted by Crippen LogP contribution is -2.30. The summed E-state index contributed by atoms with van der Waals surface area (Å²) in [4.78, 5) is 18.3. The standard InChI is InChI=1S/C23H23N3O3S/c1-2-3-14-26-21(20(25-23(26)30)17-10-6-7-13-24-17)19-12-11-18(29-19)15-8-4-5-9-16(15)22(27)28/h4-13,20-21H,2-3,14H2,1H3,(H,25,30)(H,27,28). The number of unbranched alkanes of at least 4 members (excludes halogenated alkanes) is 1. The number of benzene rings is 1. The summed E-state index contributed by atoms with van der Waals surface area (Å²) in [6.07, 6.45) is 3.82. The van der Waals surface area contributed by atoms with Crippen molar-refractivity contribution in [1.82, 2.24) is 15.2 Å². The summed E-state index contributed by atoms with van der Waals surface area (Å²) < 4.78 is 6.22. The maximum Gasteiger partial charge on any atom is 0.336 e. The van der Waals surface area contributed by atoms with Crippen LogP contribution in [0.4, 0.5) is 0 Å². The molecule has 0 spiro atoms. The number of carbonyl (C=O) groups is 1. The Labute approximate surface area is 180 Å². The van der Waals surface area contributed by atoms with Crippen molar-refractivity contribution in [2.75, 3.05) is 6.54 Å². The molecule has 3 aromatic rings. The van der Waals surface area contributed by atoms with Crippen molar-refractivity contribution >= 4 is 23.3 Å². The summed E-state index contributed by atoms with van der Waals surface area (Å²) in [5, 5.41) is 13.6. The molecular weight excluding hydrogens is 398 g/mol. The Kier molecular flexibility index (Phi) is 5.81. The predicted octanol–water partition coefficient (Wildman–Crippen LogP) is 4.81. The minimum absolute atomic E-state index is 0.149. The van der Waals surface area contributed by atoms with E-state index in [2.05, 4.69) is 22.1 Å². The monoisotopic (exact) mass is 421 g/mol. The fourth-order valence-electron chi connectivity index (χ4n) is 3.82. The van der Waals surface area contributed by atoms with Crippen molar-refractivity contribution in [3.63, 3.8) is 0 Å². The first kappa shape index (κ1) is 20.1. The van der Waals surface area contributed by atoms with Crippen LogP contribution in [0, 0.1) is 0 Å². The van der Waals surface area contributed by atoms with E-state index in [9.17, 15) is 9.90 Å². The van der Waals surface area contributed by atoms with E-state index in [1.165, 1.54) is 0 Å². The van der Waals surface area contributed by atoms with Gasteiger partial charge in [-0.1, -0.05) is 37.6 Å². The molecule has 1 aliphatic rings. The topological polar surface area (TPSA) is 78.6 Å². The fraction of sp³-hybridized carbons (Fsp3) is 0.261. The van der Waals surface area contributed by atoms with Crippen LogP contribution in [0.2, 0.25) is 0 Å². The molecule has 4 rings (SSSR count). The van der Waals surface area contributed by atoms with Crippen LogP contribution in [0.15, 0.2) is 65.2 Å². The van der Waals surface area contributed by atoms with Crippen LogP contribution in [0.3, 0.4) is 0 Å². The van der Waals surface area contributed by atoms with Gasteiger partial charge < -0.3 is 19.7 Å². The van der Waals surface area contributed by atoms with Gasteiger partial charge in [-0.2, -0.15) is 0 Å². The highest BCUT2D eigenvalue weighted by Crippen LogP contribution is 2.40. The van der Waals surface area contributed by atoms with Gasteiger partial charge in [-0.25, -0.2) is 4.79 Å². The molecule has 0 bridgehead atoms. The van der Waals surface area contributed by atoms with E-state index in [1.54, 1.807) is 30.5 Å². The highest BCUT2D eigenvalue weighted by Gasteiger charge is 2.41. The van der Waals surface area contributed by atoms with Gasteiger partial charge in [0, 0.05) is 18.3 Å². The van der Waals surface area contributed by atoms with Crippen molar-refractivity contribution in [3.05, 3.63) is 77.8 Å². The molecule has 2 aromatic heterocycles. The van der Waals surface area contributed by atoms with Crippen LogP contribution in [0.1, 0.15) is 53.7 Å². The van der Waals surface area contributed by atoms with Crippen LogP contribution < -0.4 is 5.32 Å². The average molecular weight is 422 g/mol. The van der Waals surface area contributed by atoms with Gasteiger partial charge in [-0.05, 0) is 49.0 Å². The number of hydrogen-bond donors (Lipinski definition) is 2. The Morgan fingerprint density at radius 3 is 2.73 bits per heavy atom. The van der Waals surface area contributed by atoms with Crippen molar-refractivity contribution in [3.8, 4) is 11.3 Å². The number of furan rings is 1. The summed E-state index contributed by atoms with van der Waals surface area (Å²) in [7, 11) is 0. The quantitative estimate of drug-likeness (QED) is 0.530. The van der Waals surface area contributed by atoms with Crippen molar-refractivity contribution in [1.29, 1.82) is 0 Å². The first-order valence-electron chi connectivity index (χ1n) is 10.0. The number of pyridine rings is 1. The second kappa shape index (κ2) is 8.67. The zero-order chi connectivity index (χ0) is 21.1. The summed E-state index contributed by atoms with van der Waals surface area (Å²) in [5.41, 5.74) is 1.65. The summed E-state index contributed by atoms with van der Waals surface area (Å²) in [5.74, 6) is 0.267. The van der Waals surface area contributed by atoms with E-state index in [0.29, 0.717) is 16.4 Å². The van der Waals surface area contributed by atoms with Gasteiger partial charge in [0.15, 0.2) is 5.11 Å². The molecule has 6 nitrogen and oxygen atoms in total. The molecule has 1 fully saturated rings. The highest BCUT2D eigenvalue weighted by atomic mass is 32.1. The second-order valence-corrected chi connectivity index (χ2v) is 7.61. The summed E-state index contributed by atoms with van der Waals surface area (Å²) in [6.45, 7) is 2.95. The van der Waals surface area contributed by atoms with E-state index in [1.807, 2.05) is 30.3 Å². The Morgan fingerprint density at radius 1 is 1.20 bits per heavy atom. The number of nitrogens with one attached hydrogen (secondary N) is 1. The van der Waals surface area contributed by atoms with Crippen LogP contribution >= 0.6 is 12.2 Å². The van der Waals surface area contributed by atoms with Crippen LogP contribution in [-0.2, 0) is 0 Å². The Balaban J connectivity index is 1.74. The van der Waals surface area contributed by atoms with E-state index >= 15 is 0 Å². The number of thiocarbonyl (C=S) groups is 1. The molecule has 3 heterocycles. The van der Waals surface area contributed by atoms with Crippen molar-refractivity contribution < 1.29 is 14.3 Å². The molecule has 0 radical (unpaired) electrons. The van der Waals surface area contributed by atoms with Crippen LogP contribution in [-0.4, -0.2) is 32.6 Å². The molecule has 2 N–H and O–H groups in total. The van der Waals surface area contributed by atoms with Gasteiger partial charge >= 0.3 is 5.97 Å². The smallest absolute Gasteiger partial charge is 0.336 e. The predicted molar refractivity (Wildman–Crippen MR) is 118 cm³/mol. The summed E-state index contributed by atoms with van der Waals surface area (Å²) in [6, 6.07) is 16.1. The molecule has 1 aliphatic heterocycles. The molecule has 2 atom stereocenters. The van der Waals surface area contributed by atoms with E-state index in [4.69, 9.17) is 16.6 Å². The van der Waals surface area contributed by atoms with E-state index < -0.39 is 5.97 Å². The Morgan fingerprint density at radius 2 is 2.00 bits per heavy atom. The molecule has 0 amide bonds. The molecule has 0 saturated carbocycles. The lowest BCUT2D eigenvalue weighted by molar-refractivity contribution is 0.0697. The third-order valence-electron chi connectivity index (χ3n) is 5.29.